The van der Waals surface area contributed by atoms with E-state index in [1.807, 2.05) is 19.1 Å². The van der Waals surface area contributed by atoms with E-state index < -0.39 is 0 Å². The van der Waals surface area contributed by atoms with Gasteiger partial charge in [0.05, 0.1) is 12.5 Å². The molecule has 26 heavy (non-hydrogen) atoms. The number of benzene rings is 1. The molecule has 0 spiro atoms. The number of nitrogens with zero attached hydrogens (tertiary/aromatic N) is 2. The highest BCUT2D eigenvalue weighted by atomic mass is 35.5. The molecule has 1 saturated heterocycles. The zero-order valence-corrected chi connectivity index (χ0v) is 15.2. The molecule has 0 bridgehead atoms. The maximum absolute atomic E-state index is 12.5. The number of hydrogen-bond acceptors (Lipinski definition) is 4. The van der Waals surface area contributed by atoms with Gasteiger partial charge in [-0.05, 0) is 36.8 Å². The smallest absolute Gasteiger partial charge is 0.227 e. The molecule has 1 aromatic carbocycles. The second-order valence-electron chi connectivity index (χ2n) is 6.04. The summed E-state index contributed by atoms with van der Waals surface area (Å²) in [5.41, 5.74) is 1.61. The summed E-state index contributed by atoms with van der Waals surface area (Å²) in [6.45, 7) is 3.14. The second kappa shape index (κ2) is 8.19. The number of rotatable bonds is 6. The third-order valence-electron chi connectivity index (χ3n) is 4.17. The minimum Gasteiger partial charge on any atom is -0.478 e. The van der Waals surface area contributed by atoms with Crippen molar-refractivity contribution < 1.29 is 14.3 Å². The number of carbonyl (C=O) groups is 2. The van der Waals surface area contributed by atoms with Gasteiger partial charge in [0, 0.05) is 42.5 Å². The summed E-state index contributed by atoms with van der Waals surface area (Å²) in [6.07, 6.45) is 1.84. The van der Waals surface area contributed by atoms with Gasteiger partial charge >= 0.3 is 0 Å². The van der Waals surface area contributed by atoms with Crippen LogP contribution >= 0.6 is 11.6 Å². The summed E-state index contributed by atoms with van der Waals surface area (Å²) >= 11 is 5.99. The van der Waals surface area contributed by atoms with Crippen LogP contribution in [0.15, 0.2) is 42.6 Å². The molecule has 0 radical (unpaired) electrons. The van der Waals surface area contributed by atoms with Crippen molar-refractivity contribution >= 4 is 29.1 Å². The van der Waals surface area contributed by atoms with Crippen LogP contribution < -0.4 is 15.0 Å². The molecule has 0 saturated carbocycles. The predicted octanol–water partition coefficient (Wildman–Crippen LogP) is 2.80. The normalized spacial score (nSPS) is 16.6. The van der Waals surface area contributed by atoms with Crippen molar-refractivity contribution in [1.29, 1.82) is 0 Å². The minimum absolute atomic E-state index is 0.0741. The molecule has 7 heteroatoms. The van der Waals surface area contributed by atoms with Crippen molar-refractivity contribution in [1.82, 2.24) is 10.3 Å². The molecule has 2 amide bonds. The fourth-order valence-electron chi connectivity index (χ4n) is 2.90. The SMILES string of the molecule is CCOc1cc(CNC(=O)C2CC(=O)N(c3cccc(Cl)c3)C2)ccn1. The van der Waals surface area contributed by atoms with E-state index in [9.17, 15) is 9.59 Å². The van der Waals surface area contributed by atoms with Gasteiger partial charge in [-0.2, -0.15) is 0 Å². The summed E-state index contributed by atoms with van der Waals surface area (Å²) in [5.74, 6) is -0.0651. The van der Waals surface area contributed by atoms with Crippen molar-refractivity contribution in [2.45, 2.75) is 19.9 Å². The molecule has 3 rings (SSSR count). The van der Waals surface area contributed by atoms with Crippen molar-refractivity contribution in [3.05, 3.63) is 53.2 Å². The number of halogens is 1. The van der Waals surface area contributed by atoms with Crippen LogP contribution in [-0.2, 0) is 16.1 Å². The van der Waals surface area contributed by atoms with Gasteiger partial charge in [-0.3, -0.25) is 9.59 Å². The van der Waals surface area contributed by atoms with Crippen LogP contribution in [0.5, 0.6) is 5.88 Å². The molecule has 1 aromatic heterocycles. The van der Waals surface area contributed by atoms with Gasteiger partial charge in [-0.25, -0.2) is 4.98 Å². The standard InChI is InChI=1S/C19H20ClN3O3/c1-2-26-17-8-13(6-7-21-17)11-22-19(25)14-9-18(24)23(12-14)16-5-3-4-15(20)10-16/h3-8,10,14H,2,9,11-12H2,1H3,(H,22,25). The first-order chi connectivity index (χ1) is 12.6. The molecular weight excluding hydrogens is 354 g/mol. The van der Waals surface area contributed by atoms with Gasteiger partial charge in [0.1, 0.15) is 0 Å². The zero-order chi connectivity index (χ0) is 18.5. The van der Waals surface area contributed by atoms with Crippen LogP contribution in [0.4, 0.5) is 5.69 Å². The Balaban J connectivity index is 1.59. The molecule has 1 atom stereocenters. The Morgan fingerprint density at radius 1 is 1.38 bits per heavy atom. The van der Waals surface area contributed by atoms with Crippen LogP contribution in [0, 0.1) is 5.92 Å². The first-order valence-electron chi connectivity index (χ1n) is 8.48. The first kappa shape index (κ1) is 18.2. The number of carbonyl (C=O) groups excluding carboxylic acids is 2. The number of anilines is 1. The van der Waals surface area contributed by atoms with E-state index in [1.165, 1.54) is 0 Å². The average molecular weight is 374 g/mol. The van der Waals surface area contributed by atoms with Crippen LogP contribution in [-0.4, -0.2) is 29.9 Å². The third kappa shape index (κ3) is 4.32. The van der Waals surface area contributed by atoms with E-state index in [2.05, 4.69) is 10.3 Å². The number of hydrogen-bond donors (Lipinski definition) is 1. The van der Waals surface area contributed by atoms with Crippen molar-refractivity contribution in [3.63, 3.8) is 0 Å². The maximum Gasteiger partial charge on any atom is 0.227 e. The number of pyridine rings is 1. The van der Waals surface area contributed by atoms with Gasteiger partial charge in [0.15, 0.2) is 0 Å². The van der Waals surface area contributed by atoms with Gasteiger partial charge in [-0.1, -0.05) is 17.7 Å². The Bertz CT molecular complexity index is 812. The first-order valence-corrected chi connectivity index (χ1v) is 8.86. The maximum atomic E-state index is 12.5. The molecule has 1 aliphatic heterocycles. The molecule has 1 N–H and O–H groups in total. The Hall–Kier alpha value is -2.60. The molecule has 0 aliphatic carbocycles. The monoisotopic (exact) mass is 373 g/mol. The lowest BCUT2D eigenvalue weighted by Gasteiger charge is -2.17. The summed E-state index contributed by atoms with van der Waals surface area (Å²) in [5, 5.41) is 3.45. The molecule has 1 unspecified atom stereocenters. The fourth-order valence-corrected chi connectivity index (χ4v) is 3.08. The number of aromatic nitrogens is 1. The highest BCUT2D eigenvalue weighted by molar-refractivity contribution is 6.30. The largest absolute Gasteiger partial charge is 0.478 e. The highest BCUT2D eigenvalue weighted by Gasteiger charge is 2.35. The van der Waals surface area contributed by atoms with E-state index in [-0.39, 0.29) is 24.2 Å². The van der Waals surface area contributed by atoms with Gasteiger partial charge in [0.2, 0.25) is 17.7 Å². The van der Waals surface area contributed by atoms with Gasteiger partial charge < -0.3 is 15.0 Å². The molecule has 2 aromatic rings. The number of ether oxygens (including phenoxy) is 1. The Morgan fingerprint density at radius 3 is 3.00 bits per heavy atom. The molecule has 136 valence electrons. The molecule has 6 nitrogen and oxygen atoms in total. The van der Waals surface area contributed by atoms with E-state index in [4.69, 9.17) is 16.3 Å². The topological polar surface area (TPSA) is 71.5 Å². The van der Waals surface area contributed by atoms with Crippen LogP contribution in [0.3, 0.4) is 0 Å². The average Bonchev–Trinajstić information content (AvgIpc) is 3.02. The summed E-state index contributed by atoms with van der Waals surface area (Å²) < 4.78 is 5.35. The predicted molar refractivity (Wildman–Crippen MR) is 99.2 cm³/mol. The third-order valence-corrected chi connectivity index (χ3v) is 4.41. The van der Waals surface area contributed by atoms with Crippen LogP contribution in [0.1, 0.15) is 18.9 Å². The quantitative estimate of drug-likeness (QED) is 0.845. The summed E-state index contributed by atoms with van der Waals surface area (Å²) in [6, 6.07) is 10.7. The Kier molecular flexibility index (Phi) is 5.73. The Morgan fingerprint density at radius 2 is 2.23 bits per heavy atom. The van der Waals surface area contributed by atoms with Crippen LogP contribution in [0.2, 0.25) is 5.02 Å². The van der Waals surface area contributed by atoms with E-state index >= 15 is 0 Å². The molecule has 1 aliphatic rings. The van der Waals surface area contributed by atoms with E-state index in [0.29, 0.717) is 36.3 Å². The highest BCUT2D eigenvalue weighted by Crippen LogP contribution is 2.27. The lowest BCUT2D eigenvalue weighted by molar-refractivity contribution is -0.126. The van der Waals surface area contributed by atoms with Crippen molar-refractivity contribution in [2.75, 3.05) is 18.1 Å². The lowest BCUT2D eigenvalue weighted by atomic mass is 10.1. The van der Waals surface area contributed by atoms with Gasteiger partial charge in [-0.15, -0.1) is 0 Å². The van der Waals surface area contributed by atoms with Crippen LogP contribution in [0.25, 0.3) is 0 Å². The van der Waals surface area contributed by atoms with E-state index in [1.54, 1.807) is 35.4 Å². The fraction of sp³-hybridized carbons (Fsp3) is 0.316. The Labute approximate surface area is 157 Å². The van der Waals surface area contributed by atoms with Crippen molar-refractivity contribution in [2.24, 2.45) is 5.92 Å². The summed E-state index contributed by atoms with van der Waals surface area (Å²) in [7, 11) is 0. The van der Waals surface area contributed by atoms with E-state index in [0.717, 1.165) is 5.56 Å². The summed E-state index contributed by atoms with van der Waals surface area (Å²) in [4.78, 5) is 30.4. The molecule has 1 fully saturated rings. The van der Waals surface area contributed by atoms with Gasteiger partial charge in [0.25, 0.3) is 0 Å². The minimum atomic E-state index is -0.380. The number of nitrogens with one attached hydrogen (secondary N) is 1. The lowest BCUT2D eigenvalue weighted by Crippen LogP contribution is -2.32. The molecule has 2 heterocycles. The molecular formula is C19H20ClN3O3. The zero-order valence-electron chi connectivity index (χ0n) is 14.4. The van der Waals surface area contributed by atoms with Crippen molar-refractivity contribution in [3.8, 4) is 5.88 Å². The number of amides is 2. The second-order valence-corrected chi connectivity index (χ2v) is 6.47.